The van der Waals surface area contributed by atoms with E-state index >= 15 is 0 Å². The molecular formula is C8H13F2N3O2. The minimum Gasteiger partial charge on any atom is -0.348 e. The van der Waals surface area contributed by atoms with Crippen molar-refractivity contribution < 1.29 is 18.4 Å². The molecule has 0 aromatic rings. The first kappa shape index (κ1) is 11.8. The van der Waals surface area contributed by atoms with Crippen molar-refractivity contribution in [3.05, 3.63) is 0 Å². The van der Waals surface area contributed by atoms with Crippen LogP contribution < -0.4 is 16.4 Å². The van der Waals surface area contributed by atoms with E-state index in [1.54, 1.807) is 0 Å². The van der Waals surface area contributed by atoms with Gasteiger partial charge in [0.15, 0.2) is 0 Å². The molecule has 1 saturated heterocycles. The molecule has 1 fully saturated rings. The zero-order valence-corrected chi connectivity index (χ0v) is 8.06. The van der Waals surface area contributed by atoms with E-state index in [2.05, 4.69) is 10.6 Å². The molecule has 1 aliphatic heterocycles. The van der Waals surface area contributed by atoms with Gasteiger partial charge in [-0.15, -0.1) is 0 Å². The quantitative estimate of drug-likeness (QED) is 0.568. The molecule has 2 amide bonds. The highest BCUT2D eigenvalue weighted by Crippen LogP contribution is 2.10. The summed E-state index contributed by atoms with van der Waals surface area (Å²) < 4.78 is 25.3. The second-order valence-electron chi connectivity index (χ2n) is 3.44. The molecular weight excluding hydrogens is 208 g/mol. The Balaban J connectivity index is 2.33. The maximum atomic E-state index is 12.6. The Kier molecular flexibility index (Phi) is 3.57. The fraction of sp³-hybridized carbons (Fsp3) is 0.750. The van der Waals surface area contributed by atoms with Gasteiger partial charge in [0.1, 0.15) is 6.04 Å². The number of rotatable bonds is 4. The lowest BCUT2D eigenvalue weighted by Crippen LogP contribution is -2.47. The molecule has 86 valence electrons. The van der Waals surface area contributed by atoms with Crippen molar-refractivity contribution in [2.75, 3.05) is 13.1 Å². The lowest BCUT2D eigenvalue weighted by atomic mass is 10.2. The molecule has 0 spiro atoms. The highest BCUT2D eigenvalue weighted by Gasteiger charge is 2.31. The predicted octanol–water partition coefficient (Wildman–Crippen LogP) is -1.02. The lowest BCUT2D eigenvalue weighted by molar-refractivity contribution is -0.127. The highest BCUT2D eigenvalue weighted by molar-refractivity contribution is 5.90. The largest absolute Gasteiger partial charge is 0.348 e. The first-order chi connectivity index (χ1) is 6.94. The summed E-state index contributed by atoms with van der Waals surface area (Å²) in [5.74, 6) is -3.92. The summed E-state index contributed by atoms with van der Waals surface area (Å²) in [7, 11) is 0. The molecule has 0 aromatic carbocycles. The van der Waals surface area contributed by atoms with E-state index < -0.39 is 31.0 Å². The number of carbonyl (C=O) groups excluding carboxylic acids is 2. The molecule has 1 rings (SSSR count). The van der Waals surface area contributed by atoms with Crippen LogP contribution in [0.5, 0.6) is 0 Å². The Morgan fingerprint density at radius 2 is 2.33 bits per heavy atom. The van der Waals surface area contributed by atoms with Crippen molar-refractivity contribution in [3.8, 4) is 0 Å². The summed E-state index contributed by atoms with van der Waals surface area (Å²) in [6.07, 6.45) is 0.601. The van der Waals surface area contributed by atoms with Crippen LogP contribution in [-0.4, -0.2) is 36.9 Å². The summed E-state index contributed by atoms with van der Waals surface area (Å²) in [5.41, 5.74) is 4.80. The summed E-state index contributed by atoms with van der Waals surface area (Å²) in [6, 6.07) is -0.689. The van der Waals surface area contributed by atoms with Crippen molar-refractivity contribution in [1.82, 2.24) is 10.6 Å². The van der Waals surface area contributed by atoms with Gasteiger partial charge >= 0.3 is 0 Å². The van der Waals surface area contributed by atoms with E-state index in [-0.39, 0.29) is 12.3 Å². The van der Waals surface area contributed by atoms with Gasteiger partial charge in [-0.1, -0.05) is 0 Å². The minimum absolute atomic E-state index is 0.235. The van der Waals surface area contributed by atoms with Crippen LogP contribution in [0.1, 0.15) is 12.8 Å². The van der Waals surface area contributed by atoms with Crippen LogP contribution in [-0.2, 0) is 9.59 Å². The second kappa shape index (κ2) is 4.52. The number of amides is 2. The van der Waals surface area contributed by atoms with Crippen LogP contribution in [0.3, 0.4) is 0 Å². The third-order valence-electron chi connectivity index (χ3n) is 2.13. The Bertz CT molecular complexity index is 271. The van der Waals surface area contributed by atoms with Crippen LogP contribution in [0, 0.1) is 0 Å². The molecule has 0 radical (unpaired) electrons. The predicted molar refractivity (Wildman–Crippen MR) is 48.2 cm³/mol. The van der Waals surface area contributed by atoms with Gasteiger partial charge in [-0.05, 0) is 6.42 Å². The third-order valence-corrected chi connectivity index (χ3v) is 2.13. The lowest BCUT2D eigenvalue weighted by Gasteiger charge is -2.16. The van der Waals surface area contributed by atoms with Gasteiger partial charge in [0.2, 0.25) is 11.8 Å². The number of nitrogens with two attached hydrogens (primary N) is 1. The molecule has 1 atom stereocenters. The van der Waals surface area contributed by atoms with Crippen molar-refractivity contribution in [1.29, 1.82) is 0 Å². The molecule has 0 saturated carbocycles. The molecule has 7 heteroatoms. The van der Waals surface area contributed by atoms with Crippen molar-refractivity contribution in [3.63, 3.8) is 0 Å². The fourth-order valence-electron chi connectivity index (χ4n) is 1.22. The molecule has 0 aromatic heterocycles. The number of alkyl halides is 2. The smallest absolute Gasteiger partial charge is 0.277 e. The van der Waals surface area contributed by atoms with E-state index in [0.717, 1.165) is 0 Å². The van der Waals surface area contributed by atoms with Gasteiger partial charge in [0.05, 0.1) is 13.1 Å². The molecule has 4 N–H and O–H groups in total. The summed E-state index contributed by atoms with van der Waals surface area (Å²) >= 11 is 0. The summed E-state index contributed by atoms with van der Waals surface area (Å²) in [6.45, 7) is -1.61. The first-order valence-electron chi connectivity index (χ1n) is 4.59. The Hall–Kier alpha value is -1.24. The van der Waals surface area contributed by atoms with E-state index in [1.807, 2.05) is 0 Å². The SMILES string of the molecule is NCC(F)(F)CNC(=O)C1CCC(=O)N1. The minimum atomic E-state index is -3.10. The standard InChI is InChI=1S/C8H13F2N3O2/c9-8(10,3-11)4-12-7(15)5-1-2-6(14)13-5/h5H,1-4,11H2,(H,12,15)(H,13,14). The van der Waals surface area contributed by atoms with E-state index in [4.69, 9.17) is 5.73 Å². The normalized spacial score (nSPS) is 21.3. The third kappa shape index (κ3) is 3.43. The number of hydrogen-bond acceptors (Lipinski definition) is 3. The van der Waals surface area contributed by atoms with E-state index in [9.17, 15) is 18.4 Å². The van der Waals surface area contributed by atoms with Crippen LogP contribution in [0.25, 0.3) is 0 Å². The number of hydrogen-bond donors (Lipinski definition) is 3. The van der Waals surface area contributed by atoms with Crippen molar-refractivity contribution >= 4 is 11.8 Å². The fourth-order valence-corrected chi connectivity index (χ4v) is 1.22. The molecule has 1 aliphatic rings. The van der Waals surface area contributed by atoms with Gasteiger partial charge in [0, 0.05) is 6.42 Å². The van der Waals surface area contributed by atoms with Gasteiger partial charge in [-0.3, -0.25) is 9.59 Å². The molecule has 1 heterocycles. The second-order valence-corrected chi connectivity index (χ2v) is 3.44. The van der Waals surface area contributed by atoms with Crippen molar-refractivity contribution in [2.45, 2.75) is 24.8 Å². The molecule has 15 heavy (non-hydrogen) atoms. The Labute approximate surface area is 85.4 Å². The Morgan fingerprint density at radius 3 is 2.80 bits per heavy atom. The van der Waals surface area contributed by atoms with E-state index in [1.165, 1.54) is 0 Å². The number of carbonyl (C=O) groups is 2. The van der Waals surface area contributed by atoms with Crippen LogP contribution in [0.4, 0.5) is 8.78 Å². The zero-order valence-electron chi connectivity index (χ0n) is 8.06. The average Bonchev–Trinajstić information content (AvgIpc) is 2.61. The topological polar surface area (TPSA) is 84.2 Å². The molecule has 5 nitrogen and oxygen atoms in total. The molecule has 0 bridgehead atoms. The monoisotopic (exact) mass is 221 g/mol. The maximum absolute atomic E-state index is 12.6. The summed E-state index contributed by atoms with van der Waals surface area (Å²) in [5, 5.41) is 4.43. The van der Waals surface area contributed by atoms with Gasteiger partial charge in [-0.25, -0.2) is 8.78 Å². The number of halogens is 2. The average molecular weight is 221 g/mol. The summed E-state index contributed by atoms with van der Waals surface area (Å²) in [4.78, 5) is 22.0. The first-order valence-corrected chi connectivity index (χ1v) is 4.59. The molecule has 1 unspecified atom stereocenters. The van der Waals surface area contributed by atoms with E-state index in [0.29, 0.717) is 6.42 Å². The zero-order chi connectivity index (χ0) is 11.5. The number of nitrogens with one attached hydrogen (secondary N) is 2. The maximum Gasteiger partial charge on any atom is 0.277 e. The van der Waals surface area contributed by atoms with Crippen LogP contribution in [0.15, 0.2) is 0 Å². The van der Waals surface area contributed by atoms with Gasteiger partial charge in [0.25, 0.3) is 5.92 Å². The van der Waals surface area contributed by atoms with Crippen LogP contribution >= 0.6 is 0 Å². The van der Waals surface area contributed by atoms with Crippen LogP contribution in [0.2, 0.25) is 0 Å². The highest BCUT2D eigenvalue weighted by atomic mass is 19.3. The van der Waals surface area contributed by atoms with Gasteiger partial charge in [-0.2, -0.15) is 0 Å². The molecule has 0 aliphatic carbocycles. The Morgan fingerprint density at radius 1 is 1.67 bits per heavy atom. The van der Waals surface area contributed by atoms with Gasteiger partial charge < -0.3 is 16.4 Å². The van der Waals surface area contributed by atoms with Crippen molar-refractivity contribution in [2.24, 2.45) is 5.73 Å².